The summed E-state index contributed by atoms with van der Waals surface area (Å²) in [5.41, 5.74) is 1.20. The Hall–Kier alpha value is -2.10. The van der Waals surface area contributed by atoms with Gasteiger partial charge in [0, 0.05) is 15.8 Å². The Labute approximate surface area is 131 Å². The maximum atomic E-state index is 9.85. The molecule has 3 nitrogen and oxygen atoms in total. The Kier molecular flexibility index (Phi) is 3.78. The number of hydrogen-bond donors (Lipinski definition) is 1. The second-order valence-corrected chi connectivity index (χ2v) is 5.29. The summed E-state index contributed by atoms with van der Waals surface area (Å²) in [4.78, 5) is 0. The molecule has 1 N–H and O–H groups in total. The molecule has 0 saturated heterocycles. The van der Waals surface area contributed by atoms with Crippen LogP contribution in [-0.4, -0.2) is 5.11 Å². The molecule has 0 aliphatic heterocycles. The van der Waals surface area contributed by atoms with Crippen LogP contribution in [0, 0.1) is 0 Å². The first-order chi connectivity index (χ1) is 10.1. The first-order valence-corrected chi connectivity index (χ1v) is 6.98. The zero-order valence-corrected chi connectivity index (χ0v) is 12.3. The molecule has 0 amide bonds. The third kappa shape index (κ3) is 2.84. The quantitative estimate of drug-likeness (QED) is 0.556. The molecule has 0 radical (unpaired) electrons. The van der Waals surface area contributed by atoms with Crippen molar-refractivity contribution in [1.82, 2.24) is 0 Å². The van der Waals surface area contributed by atoms with Gasteiger partial charge in [-0.15, -0.1) is 10.2 Å². The molecule has 21 heavy (non-hydrogen) atoms. The van der Waals surface area contributed by atoms with Gasteiger partial charge in [0.25, 0.3) is 0 Å². The minimum Gasteiger partial charge on any atom is -0.507 e. The third-order valence-corrected chi connectivity index (χ3v) is 3.59. The molecule has 0 heterocycles. The van der Waals surface area contributed by atoms with Crippen molar-refractivity contribution in [2.24, 2.45) is 10.2 Å². The van der Waals surface area contributed by atoms with Crippen molar-refractivity contribution in [3.05, 3.63) is 64.6 Å². The highest BCUT2D eigenvalue weighted by molar-refractivity contribution is 6.36. The van der Waals surface area contributed by atoms with Gasteiger partial charge < -0.3 is 5.11 Å². The predicted octanol–water partition coefficient (Wildman–Crippen LogP) is 6.27. The number of nitrogens with zero attached hydrogens (tertiary/aromatic N) is 2. The molecule has 0 unspecified atom stereocenters. The number of fused-ring (bicyclic) bond motifs is 1. The van der Waals surface area contributed by atoms with E-state index >= 15 is 0 Å². The van der Waals surface area contributed by atoms with E-state index in [1.54, 1.807) is 30.3 Å². The van der Waals surface area contributed by atoms with Crippen LogP contribution in [0.2, 0.25) is 10.0 Å². The Morgan fingerprint density at radius 1 is 0.762 bits per heavy atom. The molecular weight excluding hydrogens is 307 g/mol. The van der Waals surface area contributed by atoms with Crippen molar-refractivity contribution in [3.8, 4) is 5.75 Å². The number of azo groups is 1. The Morgan fingerprint density at radius 2 is 1.43 bits per heavy atom. The second-order valence-electron chi connectivity index (χ2n) is 4.45. The summed E-state index contributed by atoms with van der Waals surface area (Å²) in [7, 11) is 0. The molecule has 0 saturated carbocycles. The molecule has 3 aromatic rings. The van der Waals surface area contributed by atoms with E-state index < -0.39 is 0 Å². The van der Waals surface area contributed by atoms with Gasteiger partial charge in [0.15, 0.2) is 0 Å². The van der Waals surface area contributed by atoms with Gasteiger partial charge >= 0.3 is 0 Å². The maximum absolute atomic E-state index is 9.85. The smallest absolute Gasteiger partial charge is 0.123 e. The monoisotopic (exact) mass is 316 g/mol. The van der Waals surface area contributed by atoms with Crippen LogP contribution < -0.4 is 0 Å². The molecule has 3 aromatic carbocycles. The van der Waals surface area contributed by atoms with E-state index in [2.05, 4.69) is 10.2 Å². The molecular formula is C16H10Cl2N2O. The first-order valence-electron chi connectivity index (χ1n) is 6.22. The van der Waals surface area contributed by atoms with E-state index in [-0.39, 0.29) is 5.75 Å². The Balaban J connectivity index is 2.06. The van der Waals surface area contributed by atoms with E-state index in [1.807, 2.05) is 24.3 Å². The van der Waals surface area contributed by atoms with Crippen LogP contribution in [0.5, 0.6) is 5.75 Å². The van der Waals surface area contributed by atoms with Crippen molar-refractivity contribution in [2.45, 2.75) is 0 Å². The molecule has 0 aliphatic carbocycles. The Morgan fingerprint density at radius 3 is 2.19 bits per heavy atom. The molecule has 3 rings (SSSR count). The average molecular weight is 317 g/mol. The van der Waals surface area contributed by atoms with E-state index in [4.69, 9.17) is 23.2 Å². The fourth-order valence-electron chi connectivity index (χ4n) is 2.02. The molecule has 5 heteroatoms. The number of aromatic hydroxyl groups is 1. The molecule has 104 valence electrons. The van der Waals surface area contributed by atoms with Gasteiger partial charge in [0.2, 0.25) is 0 Å². The van der Waals surface area contributed by atoms with Gasteiger partial charge in [-0.2, -0.15) is 0 Å². The topological polar surface area (TPSA) is 45.0 Å². The van der Waals surface area contributed by atoms with E-state index in [0.29, 0.717) is 21.4 Å². The Bertz CT molecular complexity index is 847. The summed E-state index contributed by atoms with van der Waals surface area (Å²) in [6.45, 7) is 0. The van der Waals surface area contributed by atoms with Crippen molar-refractivity contribution in [1.29, 1.82) is 0 Å². The highest BCUT2D eigenvalue weighted by Gasteiger charge is 2.05. The van der Waals surface area contributed by atoms with E-state index in [1.165, 1.54) is 0 Å². The molecule has 0 spiro atoms. The van der Waals surface area contributed by atoms with Crippen molar-refractivity contribution >= 4 is 45.3 Å². The molecule has 0 aliphatic rings. The summed E-state index contributed by atoms with van der Waals surface area (Å²) >= 11 is 11.9. The number of phenolic OH excluding ortho intramolecular Hbond substituents is 1. The summed E-state index contributed by atoms with van der Waals surface area (Å²) < 4.78 is 0. The largest absolute Gasteiger partial charge is 0.507 e. The zero-order chi connectivity index (χ0) is 14.8. The SMILES string of the molecule is Oc1ccc(N=Nc2ccc(Cl)cc2Cl)c2ccccc12. The third-order valence-electron chi connectivity index (χ3n) is 3.05. The standard InChI is InChI=1S/C16H10Cl2N2O/c17-10-5-6-15(13(18)9-10)20-19-14-7-8-16(21)12-4-2-1-3-11(12)14/h1-9,21H. The van der Waals surface area contributed by atoms with Crippen molar-refractivity contribution in [3.63, 3.8) is 0 Å². The summed E-state index contributed by atoms with van der Waals surface area (Å²) in [6, 6.07) is 15.8. The van der Waals surface area contributed by atoms with Crippen LogP contribution in [0.25, 0.3) is 10.8 Å². The van der Waals surface area contributed by atoms with E-state index in [9.17, 15) is 5.11 Å². The van der Waals surface area contributed by atoms with Gasteiger partial charge in [0.05, 0.1) is 10.7 Å². The van der Waals surface area contributed by atoms with Crippen LogP contribution in [0.4, 0.5) is 11.4 Å². The van der Waals surface area contributed by atoms with Crippen molar-refractivity contribution in [2.75, 3.05) is 0 Å². The first kappa shape index (κ1) is 13.9. The molecule has 0 aromatic heterocycles. The number of hydrogen-bond acceptors (Lipinski definition) is 3. The lowest BCUT2D eigenvalue weighted by Crippen LogP contribution is -1.75. The van der Waals surface area contributed by atoms with Gasteiger partial charge in [-0.25, -0.2) is 0 Å². The second kappa shape index (κ2) is 5.72. The lowest BCUT2D eigenvalue weighted by Gasteiger charge is -2.03. The highest BCUT2D eigenvalue weighted by Crippen LogP contribution is 2.34. The number of halogens is 2. The minimum absolute atomic E-state index is 0.217. The average Bonchev–Trinajstić information content (AvgIpc) is 2.48. The predicted molar refractivity (Wildman–Crippen MR) is 86.3 cm³/mol. The molecule has 0 bridgehead atoms. The van der Waals surface area contributed by atoms with E-state index in [0.717, 1.165) is 10.8 Å². The lowest BCUT2D eigenvalue weighted by molar-refractivity contribution is 0.481. The summed E-state index contributed by atoms with van der Waals surface area (Å²) in [5.74, 6) is 0.217. The van der Waals surface area contributed by atoms with Gasteiger partial charge in [-0.3, -0.25) is 0 Å². The van der Waals surface area contributed by atoms with Crippen molar-refractivity contribution < 1.29 is 5.11 Å². The minimum atomic E-state index is 0.217. The summed E-state index contributed by atoms with van der Waals surface area (Å²) in [6.07, 6.45) is 0. The highest BCUT2D eigenvalue weighted by atomic mass is 35.5. The number of rotatable bonds is 2. The lowest BCUT2D eigenvalue weighted by atomic mass is 10.1. The van der Waals surface area contributed by atoms with Crippen LogP contribution in [0.15, 0.2) is 64.8 Å². The normalized spacial score (nSPS) is 11.3. The van der Waals surface area contributed by atoms with Gasteiger partial charge in [-0.05, 0) is 30.3 Å². The fraction of sp³-hybridized carbons (Fsp3) is 0. The number of benzene rings is 3. The van der Waals surface area contributed by atoms with Gasteiger partial charge in [-0.1, -0.05) is 47.5 Å². The fourth-order valence-corrected chi connectivity index (χ4v) is 2.47. The van der Waals surface area contributed by atoms with Crippen LogP contribution >= 0.6 is 23.2 Å². The van der Waals surface area contributed by atoms with Crippen LogP contribution in [-0.2, 0) is 0 Å². The number of phenols is 1. The maximum Gasteiger partial charge on any atom is 0.123 e. The van der Waals surface area contributed by atoms with Crippen LogP contribution in [0.1, 0.15) is 0 Å². The molecule has 0 fully saturated rings. The zero-order valence-electron chi connectivity index (χ0n) is 10.8. The van der Waals surface area contributed by atoms with Crippen LogP contribution in [0.3, 0.4) is 0 Å². The molecule has 0 atom stereocenters. The summed E-state index contributed by atoms with van der Waals surface area (Å²) in [5, 5.41) is 20.8. The van der Waals surface area contributed by atoms with Gasteiger partial charge in [0.1, 0.15) is 11.4 Å².